The molecule has 0 fully saturated rings. The molecular formula is C9H16O2. The summed E-state index contributed by atoms with van der Waals surface area (Å²) in [6.07, 6.45) is 1.67. The first-order valence-corrected chi connectivity index (χ1v) is 3.89. The van der Waals surface area contributed by atoms with Gasteiger partial charge in [0.25, 0.3) is 5.79 Å². The zero-order chi connectivity index (χ0) is 8.70. The summed E-state index contributed by atoms with van der Waals surface area (Å²) in [5.74, 6) is 0.360. The topological polar surface area (TPSA) is 18.5 Å². The second kappa shape index (κ2) is 2.16. The molecule has 2 nitrogen and oxygen atoms in total. The lowest BCUT2D eigenvalue weighted by Crippen LogP contribution is -2.40. The zero-order valence-corrected chi connectivity index (χ0v) is 7.89. The van der Waals surface area contributed by atoms with Crippen molar-refractivity contribution in [2.24, 2.45) is 5.41 Å². The predicted octanol–water partition coefficient (Wildman–Crippen LogP) is 2.66. The quantitative estimate of drug-likeness (QED) is 0.536. The van der Waals surface area contributed by atoms with E-state index in [9.17, 15) is 0 Å². The molecule has 0 bridgehead atoms. The molecule has 0 N–H and O–H groups in total. The fourth-order valence-electron chi connectivity index (χ4n) is 0.881. The molecule has 2 heteroatoms. The van der Waals surface area contributed by atoms with Crippen LogP contribution >= 0.6 is 0 Å². The first-order chi connectivity index (χ1) is 4.85. The van der Waals surface area contributed by atoms with Gasteiger partial charge in [0.1, 0.15) is 12.0 Å². The Kier molecular flexibility index (Phi) is 1.66. The fraction of sp³-hybridized carbons (Fsp3) is 0.778. The molecule has 0 aromatic carbocycles. The summed E-state index contributed by atoms with van der Waals surface area (Å²) in [7, 11) is 0. The summed E-state index contributed by atoms with van der Waals surface area (Å²) >= 11 is 0. The molecule has 64 valence electrons. The largest absolute Gasteiger partial charge is 0.456 e. The van der Waals surface area contributed by atoms with E-state index in [0.717, 1.165) is 5.76 Å². The van der Waals surface area contributed by atoms with Gasteiger partial charge in [-0.1, -0.05) is 20.8 Å². The number of rotatable bonds is 0. The maximum atomic E-state index is 5.55. The number of hydrogen-bond acceptors (Lipinski definition) is 2. The predicted molar refractivity (Wildman–Crippen MR) is 43.8 cm³/mol. The van der Waals surface area contributed by atoms with Crippen LogP contribution in [-0.4, -0.2) is 5.79 Å². The van der Waals surface area contributed by atoms with Crippen LogP contribution in [-0.2, 0) is 9.47 Å². The summed E-state index contributed by atoms with van der Waals surface area (Å²) in [5.41, 5.74) is 0.00125. The molecule has 0 amide bonds. The van der Waals surface area contributed by atoms with Gasteiger partial charge in [0.05, 0.1) is 0 Å². The Hall–Kier alpha value is -0.660. The maximum absolute atomic E-state index is 5.55. The van der Waals surface area contributed by atoms with Gasteiger partial charge in [0, 0.05) is 12.3 Å². The standard InChI is InChI=1S/C9H16O2/c1-7-6-10-9(5,11-7)8(2,3)4/h6H,1-5H3. The maximum Gasteiger partial charge on any atom is 0.252 e. The van der Waals surface area contributed by atoms with Crippen LogP contribution in [0.5, 0.6) is 0 Å². The summed E-state index contributed by atoms with van der Waals surface area (Å²) < 4.78 is 11.0. The third-order valence-corrected chi connectivity index (χ3v) is 2.17. The Morgan fingerprint density at radius 2 is 1.91 bits per heavy atom. The van der Waals surface area contributed by atoms with E-state index in [-0.39, 0.29) is 5.41 Å². The molecule has 1 heterocycles. The molecule has 0 saturated heterocycles. The summed E-state index contributed by atoms with van der Waals surface area (Å²) in [6, 6.07) is 0. The van der Waals surface area contributed by atoms with E-state index < -0.39 is 5.79 Å². The normalized spacial score (nSPS) is 30.8. The highest BCUT2D eigenvalue weighted by molar-refractivity contribution is 4.96. The van der Waals surface area contributed by atoms with Crippen LogP contribution in [0.1, 0.15) is 34.6 Å². The van der Waals surface area contributed by atoms with Crippen LogP contribution in [0.25, 0.3) is 0 Å². The smallest absolute Gasteiger partial charge is 0.252 e. The van der Waals surface area contributed by atoms with Crippen molar-refractivity contribution in [1.29, 1.82) is 0 Å². The van der Waals surface area contributed by atoms with E-state index in [1.165, 1.54) is 0 Å². The fourth-order valence-corrected chi connectivity index (χ4v) is 0.881. The van der Waals surface area contributed by atoms with Crippen LogP contribution in [0.4, 0.5) is 0 Å². The van der Waals surface area contributed by atoms with Gasteiger partial charge in [0.2, 0.25) is 0 Å². The van der Waals surface area contributed by atoms with E-state index in [4.69, 9.17) is 9.47 Å². The second-order valence-corrected chi connectivity index (χ2v) is 4.14. The van der Waals surface area contributed by atoms with Crippen molar-refractivity contribution in [2.45, 2.75) is 40.4 Å². The number of hydrogen-bond donors (Lipinski definition) is 0. The van der Waals surface area contributed by atoms with Crippen molar-refractivity contribution < 1.29 is 9.47 Å². The molecule has 0 radical (unpaired) electrons. The third-order valence-electron chi connectivity index (χ3n) is 2.17. The van der Waals surface area contributed by atoms with Gasteiger partial charge in [0.15, 0.2) is 0 Å². The molecule has 1 rings (SSSR count). The van der Waals surface area contributed by atoms with Crippen molar-refractivity contribution in [3.05, 3.63) is 12.0 Å². The van der Waals surface area contributed by atoms with E-state index >= 15 is 0 Å². The van der Waals surface area contributed by atoms with Crippen LogP contribution < -0.4 is 0 Å². The van der Waals surface area contributed by atoms with Crippen molar-refractivity contribution in [2.75, 3.05) is 0 Å². The molecule has 1 unspecified atom stereocenters. The molecule has 0 aliphatic carbocycles. The first kappa shape index (κ1) is 8.44. The molecule has 0 saturated carbocycles. The lowest BCUT2D eigenvalue weighted by molar-refractivity contribution is -0.200. The van der Waals surface area contributed by atoms with Gasteiger partial charge >= 0.3 is 0 Å². The van der Waals surface area contributed by atoms with Crippen molar-refractivity contribution >= 4 is 0 Å². The Bertz CT molecular complexity index is 188. The van der Waals surface area contributed by atoms with Gasteiger partial charge in [-0.2, -0.15) is 0 Å². The minimum absolute atomic E-state index is 0.00125. The minimum atomic E-state index is -0.489. The molecule has 1 atom stereocenters. The van der Waals surface area contributed by atoms with Crippen LogP contribution in [0.3, 0.4) is 0 Å². The molecule has 11 heavy (non-hydrogen) atoms. The lowest BCUT2D eigenvalue weighted by Gasteiger charge is -2.36. The average molecular weight is 156 g/mol. The van der Waals surface area contributed by atoms with E-state index in [0.29, 0.717) is 0 Å². The lowest BCUT2D eigenvalue weighted by atomic mass is 9.87. The average Bonchev–Trinajstić information content (AvgIpc) is 2.10. The third kappa shape index (κ3) is 1.35. The van der Waals surface area contributed by atoms with Crippen LogP contribution in [0.2, 0.25) is 0 Å². The molecular weight excluding hydrogens is 140 g/mol. The van der Waals surface area contributed by atoms with Crippen LogP contribution in [0.15, 0.2) is 12.0 Å². The zero-order valence-electron chi connectivity index (χ0n) is 7.89. The van der Waals surface area contributed by atoms with Gasteiger partial charge in [-0.3, -0.25) is 0 Å². The summed E-state index contributed by atoms with van der Waals surface area (Å²) in [5, 5.41) is 0. The molecule has 0 aromatic heterocycles. The SMILES string of the molecule is CC1=COC(C)(C(C)(C)C)O1. The number of ether oxygens (including phenoxy) is 2. The highest BCUT2D eigenvalue weighted by Crippen LogP contribution is 2.39. The number of allylic oxidation sites excluding steroid dienone is 1. The van der Waals surface area contributed by atoms with Crippen molar-refractivity contribution in [1.82, 2.24) is 0 Å². The van der Waals surface area contributed by atoms with Gasteiger partial charge in [-0.15, -0.1) is 0 Å². The Labute approximate surface area is 68.2 Å². The van der Waals surface area contributed by atoms with Gasteiger partial charge < -0.3 is 9.47 Å². The van der Waals surface area contributed by atoms with Crippen LogP contribution in [0, 0.1) is 5.41 Å². The Balaban J connectivity index is 2.74. The van der Waals surface area contributed by atoms with Gasteiger partial charge in [-0.25, -0.2) is 0 Å². The van der Waals surface area contributed by atoms with Crippen molar-refractivity contribution in [3.8, 4) is 0 Å². The van der Waals surface area contributed by atoms with E-state index in [2.05, 4.69) is 20.8 Å². The molecule has 1 aliphatic heterocycles. The summed E-state index contributed by atoms with van der Waals surface area (Å²) in [4.78, 5) is 0. The first-order valence-electron chi connectivity index (χ1n) is 3.89. The summed E-state index contributed by atoms with van der Waals surface area (Å²) in [6.45, 7) is 10.1. The highest BCUT2D eigenvalue weighted by atomic mass is 16.7. The second-order valence-electron chi connectivity index (χ2n) is 4.14. The molecule has 0 spiro atoms. The van der Waals surface area contributed by atoms with Gasteiger partial charge in [-0.05, 0) is 6.92 Å². The van der Waals surface area contributed by atoms with E-state index in [1.54, 1.807) is 6.26 Å². The van der Waals surface area contributed by atoms with Crippen molar-refractivity contribution in [3.63, 3.8) is 0 Å². The molecule has 1 aliphatic rings. The Morgan fingerprint density at radius 1 is 1.36 bits per heavy atom. The molecule has 0 aromatic rings. The highest BCUT2D eigenvalue weighted by Gasteiger charge is 2.44. The Morgan fingerprint density at radius 3 is 2.09 bits per heavy atom. The van der Waals surface area contributed by atoms with E-state index in [1.807, 2.05) is 13.8 Å². The monoisotopic (exact) mass is 156 g/mol. The minimum Gasteiger partial charge on any atom is -0.456 e.